The molecule has 6 nitrogen and oxygen atoms in total. The van der Waals surface area contributed by atoms with Gasteiger partial charge in [0.2, 0.25) is 0 Å². The van der Waals surface area contributed by atoms with Crippen LogP contribution < -0.4 is 0 Å². The molecule has 2 aromatic rings. The summed E-state index contributed by atoms with van der Waals surface area (Å²) in [6.45, 7) is 12.6. The van der Waals surface area contributed by atoms with Crippen molar-refractivity contribution >= 4 is 25.4 Å². The lowest BCUT2D eigenvalue weighted by molar-refractivity contribution is -0.0366. The lowest BCUT2D eigenvalue weighted by Gasteiger charge is -2.35. The average molecular weight is 428 g/mol. The lowest BCUT2D eigenvalue weighted by atomic mass is 10.1. The first-order valence-electron chi connectivity index (χ1n) is 10.7. The molecule has 2 heterocycles. The fourth-order valence-electron chi connectivity index (χ4n) is 3.26. The minimum absolute atomic E-state index is 0.0421. The first-order chi connectivity index (χ1) is 14.2. The second-order valence-electron chi connectivity index (χ2n) is 9.31. The van der Waals surface area contributed by atoms with Gasteiger partial charge in [-0.1, -0.05) is 37.8 Å². The number of fused-ring (bicyclic) bond motifs is 1. The summed E-state index contributed by atoms with van der Waals surface area (Å²) in [7, 11) is -1.75. The van der Waals surface area contributed by atoms with Crippen LogP contribution in [0.2, 0.25) is 18.1 Å². The SMILES string of the molecule is CC(C)(C)[Si](C)(C)OCCC#Cc1cc2cnn(C3CCCCO3)c2cc1/C=N/O. The monoisotopic (exact) mass is 427 g/mol. The van der Waals surface area contributed by atoms with E-state index in [1.165, 1.54) is 6.21 Å². The lowest BCUT2D eigenvalue weighted by Crippen LogP contribution is -2.40. The fraction of sp³-hybridized carbons (Fsp3) is 0.565. The maximum atomic E-state index is 9.12. The normalized spacial score (nSPS) is 18.0. The zero-order valence-electron chi connectivity index (χ0n) is 18.7. The van der Waals surface area contributed by atoms with E-state index in [1.54, 1.807) is 0 Å². The molecule has 0 spiro atoms. The third-order valence-corrected chi connectivity index (χ3v) is 10.6. The Morgan fingerprint density at radius 1 is 1.37 bits per heavy atom. The molecule has 7 heteroatoms. The molecule has 1 aromatic heterocycles. The van der Waals surface area contributed by atoms with Gasteiger partial charge in [0.1, 0.15) is 0 Å². The summed E-state index contributed by atoms with van der Waals surface area (Å²) >= 11 is 0. The highest BCUT2D eigenvalue weighted by molar-refractivity contribution is 6.74. The Labute approximate surface area is 180 Å². The van der Waals surface area contributed by atoms with Crippen LogP contribution in [0.15, 0.2) is 23.5 Å². The minimum atomic E-state index is -1.75. The van der Waals surface area contributed by atoms with Gasteiger partial charge in [0.05, 0.1) is 17.9 Å². The summed E-state index contributed by atoms with van der Waals surface area (Å²) in [6.07, 6.45) is 7.08. The van der Waals surface area contributed by atoms with Crippen molar-refractivity contribution in [2.45, 2.75) is 70.8 Å². The van der Waals surface area contributed by atoms with Crippen molar-refractivity contribution in [2.75, 3.05) is 13.2 Å². The maximum absolute atomic E-state index is 9.12. The summed E-state index contributed by atoms with van der Waals surface area (Å²) in [5, 5.41) is 18.1. The largest absolute Gasteiger partial charge is 0.416 e. The van der Waals surface area contributed by atoms with Gasteiger partial charge >= 0.3 is 0 Å². The molecule has 0 saturated carbocycles. The van der Waals surface area contributed by atoms with Gasteiger partial charge in [0.15, 0.2) is 14.5 Å². The predicted octanol–water partition coefficient (Wildman–Crippen LogP) is 5.31. The van der Waals surface area contributed by atoms with Gasteiger partial charge in [-0.3, -0.25) is 0 Å². The van der Waals surface area contributed by atoms with E-state index in [4.69, 9.17) is 14.4 Å². The van der Waals surface area contributed by atoms with Crippen molar-refractivity contribution in [1.82, 2.24) is 9.78 Å². The molecular formula is C23H33N3O3Si. The summed E-state index contributed by atoms with van der Waals surface area (Å²) in [5.74, 6) is 6.43. The van der Waals surface area contributed by atoms with Crippen LogP contribution in [0.5, 0.6) is 0 Å². The number of hydrogen-bond acceptors (Lipinski definition) is 5. The molecule has 1 atom stereocenters. The molecular weight excluding hydrogens is 394 g/mol. The Morgan fingerprint density at radius 2 is 2.17 bits per heavy atom. The van der Waals surface area contributed by atoms with Crippen LogP contribution in [0.3, 0.4) is 0 Å². The van der Waals surface area contributed by atoms with Gasteiger partial charge in [-0.05, 0) is 49.5 Å². The van der Waals surface area contributed by atoms with E-state index in [0.717, 1.165) is 47.9 Å². The molecule has 162 valence electrons. The molecule has 0 bridgehead atoms. The van der Waals surface area contributed by atoms with Gasteiger partial charge in [-0.25, -0.2) is 4.68 Å². The summed E-state index contributed by atoms with van der Waals surface area (Å²) in [5.41, 5.74) is 2.54. The summed E-state index contributed by atoms with van der Waals surface area (Å²) < 4.78 is 14.0. The topological polar surface area (TPSA) is 68.9 Å². The fourth-order valence-corrected chi connectivity index (χ4v) is 4.31. The van der Waals surface area contributed by atoms with Crippen LogP contribution in [-0.4, -0.2) is 42.7 Å². The number of benzene rings is 1. The van der Waals surface area contributed by atoms with Crippen molar-refractivity contribution in [3.05, 3.63) is 29.5 Å². The molecule has 1 aliphatic heterocycles. The Kier molecular flexibility index (Phi) is 7.01. The Bertz CT molecular complexity index is 958. The van der Waals surface area contributed by atoms with E-state index in [2.05, 4.69) is 56.0 Å². The smallest absolute Gasteiger partial charge is 0.192 e. The molecule has 0 aliphatic carbocycles. The van der Waals surface area contributed by atoms with Crippen molar-refractivity contribution < 1.29 is 14.4 Å². The van der Waals surface area contributed by atoms with Crippen molar-refractivity contribution in [1.29, 1.82) is 0 Å². The van der Waals surface area contributed by atoms with Crippen LogP contribution in [0.4, 0.5) is 0 Å². The Balaban J connectivity index is 1.78. The number of oxime groups is 1. The van der Waals surface area contributed by atoms with Crippen LogP contribution in [0, 0.1) is 11.8 Å². The zero-order valence-corrected chi connectivity index (χ0v) is 19.7. The third kappa shape index (κ3) is 5.12. The van der Waals surface area contributed by atoms with Crippen molar-refractivity contribution in [2.24, 2.45) is 5.16 Å². The standard InChI is InChI=1S/C23H33N3O3Si/c1-23(2,3)30(4,5)29-13-9-6-10-18-14-20-16-24-26(22-11-7-8-12-28-22)21(20)15-19(18)17-25-27/h14-17,22,27H,7-9,11-13H2,1-5H3/b25-17+. The van der Waals surface area contributed by atoms with Gasteiger partial charge in [0.25, 0.3) is 0 Å². The van der Waals surface area contributed by atoms with Crippen LogP contribution in [0.1, 0.15) is 63.8 Å². The highest BCUT2D eigenvalue weighted by Crippen LogP contribution is 2.36. The van der Waals surface area contributed by atoms with Crippen molar-refractivity contribution in [3.63, 3.8) is 0 Å². The van der Waals surface area contributed by atoms with Crippen LogP contribution >= 0.6 is 0 Å². The minimum Gasteiger partial charge on any atom is -0.416 e. The number of hydrogen-bond donors (Lipinski definition) is 1. The number of rotatable bonds is 5. The quantitative estimate of drug-likeness (QED) is 0.175. The molecule has 1 aliphatic rings. The molecule has 0 amide bonds. The number of ether oxygens (including phenoxy) is 1. The Morgan fingerprint density at radius 3 is 2.83 bits per heavy atom. The molecule has 0 radical (unpaired) electrons. The molecule has 1 aromatic carbocycles. The van der Waals surface area contributed by atoms with Gasteiger partial charge in [-0.15, -0.1) is 0 Å². The summed E-state index contributed by atoms with van der Waals surface area (Å²) in [6, 6.07) is 3.97. The van der Waals surface area contributed by atoms with E-state index >= 15 is 0 Å². The average Bonchev–Trinajstić information content (AvgIpc) is 3.10. The van der Waals surface area contributed by atoms with Crippen molar-refractivity contribution in [3.8, 4) is 11.8 Å². The maximum Gasteiger partial charge on any atom is 0.192 e. The van der Waals surface area contributed by atoms with E-state index < -0.39 is 8.32 Å². The van der Waals surface area contributed by atoms with Gasteiger partial charge in [-0.2, -0.15) is 5.10 Å². The highest BCUT2D eigenvalue weighted by atomic mass is 28.4. The van der Waals surface area contributed by atoms with E-state index in [1.807, 2.05) is 23.0 Å². The van der Waals surface area contributed by atoms with Gasteiger partial charge in [0, 0.05) is 36.1 Å². The van der Waals surface area contributed by atoms with E-state index in [-0.39, 0.29) is 11.3 Å². The Hall–Kier alpha value is -2.14. The van der Waals surface area contributed by atoms with E-state index in [9.17, 15) is 0 Å². The molecule has 1 unspecified atom stereocenters. The molecule has 3 rings (SSSR count). The van der Waals surface area contributed by atoms with E-state index in [0.29, 0.717) is 13.0 Å². The molecule has 30 heavy (non-hydrogen) atoms. The predicted molar refractivity (Wildman–Crippen MR) is 123 cm³/mol. The number of aromatic nitrogens is 2. The summed E-state index contributed by atoms with van der Waals surface area (Å²) in [4.78, 5) is 0. The second-order valence-corrected chi connectivity index (χ2v) is 14.1. The molecule has 1 saturated heterocycles. The second kappa shape index (κ2) is 9.34. The van der Waals surface area contributed by atoms with Gasteiger partial charge < -0.3 is 14.4 Å². The molecule has 1 N–H and O–H groups in total. The highest BCUT2D eigenvalue weighted by Gasteiger charge is 2.36. The number of nitrogens with zero attached hydrogens (tertiary/aromatic N) is 3. The zero-order chi connectivity index (χ0) is 21.8. The van der Waals surface area contributed by atoms with Crippen LogP contribution in [0.25, 0.3) is 10.9 Å². The third-order valence-electron chi connectivity index (χ3n) is 6.11. The first kappa shape index (κ1) is 22.5. The molecule has 1 fully saturated rings. The first-order valence-corrected chi connectivity index (χ1v) is 13.6. The van der Waals surface area contributed by atoms with Crippen LogP contribution in [-0.2, 0) is 9.16 Å².